The van der Waals surface area contributed by atoms with E-state index in [0.717, 1.165) is 0 Å². The molecule has 80 valence electrons. The van der Waals surface area contributed by atoms with E-state index in [0.29, 0.717) is 16.3 Å². The monoisotopic (exact) mass is 225 g/mol. The number of carbonyl (C=O) groups excluding carboxylic acids is 1. The summed E-state index contributed by atoms with van der Waals surface area (Å²) < 4.78 is 8.93. The Morgan fingerprint density at radius 2 is 2.40 bits per heavy atom. The van der Waals surface area contributed by atoms with Gasteiger partial charge in [-0.2, -0.15) is 9.64 Å². The third-order valence-corrected chi connectivity index (χ3v) is 2.72. The minimum Gasteiger partial charge on any atom is -0.444 e. The average molecular weight is 225 g/mol. The molecule has 6 heteroatoms. The maximum atomic E-state index is 11.6. The number of rotatable bonds is 3. The quantitative estimate of drug-likeness (QED) is 0.790. The Bertz CT molecular complexity index is 408. The molecule has 1 heterocycles. The van der Waals surface area contributed by atoms with Crippen molar-refractivity contribution in [3.8, 4) is 6.07 Å². The van der Waals surface area contributed by atoms with Crippen LogP contribution in [0.15, 0.2) is 0 Å². The lowest BCUT2D eigenvalue weighted by molar-refractivity contribution is 0.0436. The Balaban J connectivity index is 2.91. The van der Waals surface area contributed by atoms with E-state index in [-0.39, 0.29) is 0 Å². The van der Waals surface area contributed by atoms with Crippen molar-refractivity contribution in [3.63, 3.8) is 0 Å². The van der Waals surface area contributed by atoms with E-state index in [2.05, 4.69) is 9.69 Å². The van der Waals surface area contributed by atoms with Gasteiger partial charge in [0.15, 0.2) is 6.10 Å². The van der Waals surface area contributed by atoms with Gasteiger partial charge >= 0.3 is 5.97 Å². The van der Waals surface area contributed by atoms with Gasteiger partial charge < -0.3 is 10.1 Å². The number of anilines is 1. The Hall–Kier alpha value is -1.61. The average Bonchev–Trinajstić information content (AvgIpc) is 2.59. The topological polar surface area (TPSA) is 75.0 Å². The fourth-order valence-electron chi connectivity index (χ4n) is 1.03. The molecule has 5 nitrogen and oxygen atoms in total. The molecule has 0 saturated carbocycles. The lowest BCUT2D eigenvalue weighted by Crippen LogP contribution is -2.14. The van der Waals surface area contributed by atoms with E-state index >= 15 is 0 Å². The number of nitrogens with zero attached hydrogens (tertiary/aromatic N) is 2. The molecular formula is C9H11N3O2S. The molecule has 0 aliphatic heterocycles. The molecule has 1 rings (SSSR count). The van der Waals surface area contributed by atoms with Gasteiger partial charge in [-0.1, -0.05) is 0 Å². The molecule has 1 aromatic rings. The number of carbonyl (C=O) groups is 1. The summed E-state index contributed by atoms with van der Waals surface area (Å²) in [6, 6.07) is 1.83. The van der Waals surface area contributed by atoms with Crippen molar-refractivity contribution >= 4 is 22.5 Å². The fraction of sp³-hybridized carbons (Fsp3) is 0.444. The standard InChI is InChI=1S/C9H11N3O2S/c1-5(4-10)14-9(13)7-6(2)12-15-8(7)11-3/h5,11H,1-3H3/t5-/m0/s1. The van der Waals surface area contributed by atoms with Gasteiger partial charge in [-0.05, 0) is 25.4 Å². The van der Waals surface area contributed by atoms with Crippen LogP contribution in [0, 0.1) is 18.3 Å². The Morgan fingerprint density at radius 1 is 1.73 bits per heavy atom. The highest BCUT2D eigenvalue weighted by Crippen LogP contribution is 2.24. The van der Waals surface area contributed by atoms with E-state index in [1.165, 1.54) is 18.5 Å². The first-order valence-corrected chi connectivity index (χ1v) is 5.12. The molecule has 1 atom stereocenters. The van der Waals surface area contributed by atoms with Crippen molar-refractivity contribution < 1.29 is 9.53 Å². The number of nitrogens with one attached hydrogen (secondary N) is 1. The number of aryl methyl sites for hydroxylation is 1. The first-order chi connectivity index (χ1) is 7.10. The maximum absolute atomic E-state index is 11.6. The molecule has 0 spiro atoms. The van der Waals surface area contributed by atoms with Crippen LogP contribution in [-0.2, 0) is 4.74 Å². The summed E-state index contributed by atoms with van der Waals surface area (Å²) in [5.74, 6) is -0.514. The molecule has 0 bridgehead atoms. The van der Waals surface area contributed by atoms with Gasteiger partial charge in [0, 0.05) is 7.05 Å². The first kappa shape index (κ1) is 11.5. The molecule has 0 aromatic carbocycles. The predicted molar refractivity (Wildman–Crippen MR) is 56.9 cm³/mol. The van der Waals surface area contributed by atoms with Gasteiger partial charge in [-0.3, -0.25) is 0 Å². The van der Waals surface area contributed by atoms with Crippen molar-refractivity contribution in [1.82, 2.24) is 4.37 Å². The number of hydrogen-bond acceptors (Lipinski definition) is 6. The van der Waals surface area contributed by atoms with Crippen molar-refractivity contribution in [2.75, 3.05) is 12.4 Å². The van der Waals surface area contributed by atoms with E-state index in [1.807, 2.05) is 6.07 Å². The maximum Gasteiger partial charge on any atom is 0.344 e. The van der Waals surface area contributed by atoms with Crippen LogP contribution in [0.1, 0.15) is 23.0 Å². The smallest absolute Gasteiger partial charge is 0.344 e. The molecule has 1 N–H and O–H groups in total. The fourth-order valence-corrected chi connectivity index (χ4v) is 1.76. The highest BCUT2D eigenvalue weighted by molar-refractivity contribution is 7.10. The Kier molecular flexibility index (Phi) is 3.63. The zero-order chi connectivity index (χ0) is 11.4. The summed E-state index contributed by atoms with van der Waals surface area (Å²) in [4.78, 5) is 11.6. The number of ether oxygens (including phenoxy) is 1. The van der Waals surface area contributed by atoms with Crippen LogP contribution in [0.4, 0.5) is 5.00 Å². The van der Waals surface area contributed by atoms with E-state index in [4.69, 9.17) is 10.00 Å². The highest BCUT2D eigenvalue weighted by Gasteiger charge is 2.20. The van der Waals surface area contributed by atoms with Crippen molar-refractivity contribution in [2.45, 2.75) is 20.0 Å². The lowest BCUT2D eigenvalue weighted by atomic mass is 10.2. The van der Waals surface area contributed by atoms with Gasteiger partial charge in [-0.15, -0.1) is 0 Å². The molecule has 0 radical (unpaired) electrons. The second-order valence-electron chi connectivity index (χ2n) is 2.90. The summed E-state index contributed by atoms with van der Waals surface area (Å²) in [6.45, 7) is 3.25. The molecule has 15 heavy (non-hydrogen) atoms. The van der Waals surface area contributed by atoms with Crippen LogP contribution in [0.2, 0.25) is 0 Å². The predicted octanol–water partition coefficient (Wildman–Crippen LogP) is 1.56. The summed E-state index contributed by atoms with van der Waals surface area (Å²) in [5, 5.41) is 12.0. The zero-order valence-corrected chi connectivity index (χ0v) is 9.51. The molecule has 0 aliphatic carbocycles. The van der Waals surface area contributed by atoms with Crippen LogP contribution >= 0.6 is 11.5 Å². The van der Waals surface area contributed by atoms with E-state index in [9.17, 15) is 4.79 Å². The summed E-state index contributed by atoms with van der Waals surface area (Å²) >= 11 is 1.19. The molecule has 0 saturated heterocycles. The molecule has 1 aromatic heterocycles. The minimum absolute atomic E-state index is 0.407. The molecular weight excluding hydrogens is 214 g/mol. The third-order valence-electron chi connectivity index (χ3n) is 1.76. The van der Waals surface area contributed by atoms with Crippen LogP contribution < -0.4 is 5.32 Å². The second kappa shape index (κ2) is 4.75. The molecule has 0 fully saturated rings. The first-order valence-electron chi connectivity index (χ1n) is 4.34. The Morgan fingerprint density at radius 3 is 2.93 bits per heavy atom. The van der Waals surface area contributed by atoms with Crippen molar-refractivity contribution in [1.29, 1.82) is 5.26 Å². The second-order valence-corrected chi connectivity index (χ2v) is 3.67. The Labute approximate surface area is 91.8 Å². The van der Waals surface area contributed by atoms with Gasteiger partial charge in [-0.25, -0.2) is 4.79 Å². The van der Waals surface area contributed by atoms with Crippen molar-refractivity contribution in [3.05, 3.63) is 11.3 Å². The minimum atomic E-state index is -0.749. The summed E-state index contributed by atoms with van der Waals surface area (Å²) in [7, 11) is 1.71. The van der Waals surface area contributed by atoms with E-state index < -0.39 is 12.1 Å². The SMILES string of the molecule is CNc1snc(C)c1C(=O)O[C@@H](C)C#N. The zero-order valence-electron chi connectivity index (χ0n) is 8.70. The molecule has 0 aliphatic rings. The van der Waals surface area contributed by atoms with Crippen LogP contribution in [0.5, 0.6) is 0 Å². The highest BCUT2D eigenvalue weighted by atomic mass is 32.1. The number of aromatic nitrogens is 1. The summed E-state index contributed by atoms with van der Waals surface area (Å²) in [5.41, 5.74) is 1.02. The molecule has 0 unspecified atom stereocenters. The molecule has 0 amide bonds. The number of esters is 1. The van der Waals surface area contributed by atoms with Crippen LogP contribution in [-0.4, -0.2) is 23.5 Å². The van der Waals surface area contributed by atoms with Gasteiger partial charge in [0.1, 0.15) is 16.6 Å². The third kappa shape index (κ3) is 2.44. The normalized spacial score (nSPS) is 11.6. The number of hydrogen-bond donors (Lipinski definition) is 1. The van der Waals surface area contributed by atoms with Crippen molar-refractivity contribution in [2.24, 2.45) is 0 Å². The largest absolute Gasteiger partial charge is 0.444 e. The van der Waals surface area contributed by atoms with Gasteiger partial charge in [0.05, 0.1) is 5.69 Å². The van der Waals surface area contributed by atoms with Crippen LogP contribution in [0.25, 0.3) is 0 Å². The van der Waals surface area contributed by atoms with Gasteiger partial charge in [0.25, 0.3) is 0 Å². The van der Waals surface area contributed by atoms with E-state index in [1.54, 1.807) is 14.0 Å². The van der Waals surface area contributed by atoms with Crippen LogP contribution in [0.3, 0.4) is 0 Å². The number of nitriles is 1. The lowest BCUT2D eigenvalue weighted by Gasteiger charge is -2.06. The van der Waals surface area contributed by atoms with Gasteiger partial charge in [0.2, 0.25) is 0 Å². The summed E-state index contributed by atoms with van der Waals surface area (Å²) in [6.07, 6.45) is -0.749.